The van der Waals surface area contributed by atoms with E-state index in [0.29, 0.717) is 18.3 Å². The first-order chi connectivity index (χ1) is 14.1. The van der Waals surface area contributed by atoms with Gasteiger partial charge in [-0.1, -0.05) is 43.8 Å². The Hall–Kier alpha value is -3.20. The Balaban J connectivity index is 1.42. The van der Waals surface area contributed by atoms with Gasteiger partial charge in [0.1, 0.15) is 17.8 Å². The lowest BCUT2D eigenvalue weighted by Crippen LogP contribution is -2.37. The van der Waals surface area contributed by atoms with Crippen molar-refractivity contribution in [3.8, 4) is 0 Å². The molecule has 1 aromatic carbocycles. The summed E-state index contributed by atoms with van der Waals surface area (Å²) in [7, 11) is 0. The normalized spacial score (nSPS) is 17.5. The fraction of sp³-hybridized carbons (Fsp3) is 0.250. The van der Waals surface area contributed by atoms with Crippen molar-refractivity contribution in [3.63, 3.8) is 0 Å². The van der Waals surface area contributed by atoms with Gasteiger partial charge in [-0.15, -0.1) is 0 Å². The van der Waals surface area contributed by atoms with Crippen LogP contribution in [0.3, 0.4) is 0 Å². The number of carbonyl (C=O) groups is 1. The predicted octanol–water partition coefficient (Wildman–Crippen LogP) is 3.44. The molecule has 29 heavy (non-hydrogen) atoms. The van der Waals surface area contributed by atoms with Gasteiger partial charge in [0.2, 0.25) is 0 Å². The molecular formula is C20H23N7OS. The summed E-state index contributed by atoms with van der Waals surface area (Å²) in [5, 5.41) is 16.6. The largest absolute Gasteiger partial charge is 0.334 e. The van der Waals surface area contributed by atoms with Crippen LogP contribution in [0, 0.1) is 5.92 Å². The maximum Gasteiger partial charge on any atom is 0.320 e. The number of urea groups is 1. The molecule has 2 aliphatic rings. The molecular weight excluding hydrogens is 386 g/mol. The summed E-state index contributed by atoms with van der Waals surface area (Å²) in [6.45, 7) is 4.70. The van der Waals surface area contributed by atoms with Crippen molar-refractivity contribution in [2.24, 2.45) is 11.0 Å². The molecule has 4 N–H and O–H groups in total. The molecule has 1 unspecified atom stereocenters. The Morgan fingerprint density at radius 3 is 2.97 bits per heavy atom. The fourth-order valence-corrected chi connectivity index (χ4v) is 4.06. The zero-order valence-electron chi connectivity index (χ0n) is 16.2. The molecule has 0 aliphatic carbocycles. The quantitative estimate of drug-likeness (QED) is 0.586. The van der Waals surface area contributed by atoms with Crippen LogP contribution in [0.1, 0.15) is 19.4 Å². The number of hydrogen-bond acceptors (Lipinski definition) is 6. The number of aromatic amines is 1. The number of carbonyl (C=O) groups excluding carboxylic acids is 1. The molecule has 2 amide bonds. The van der Waals surface area contributed by atoms with Crippen molar-refractivity contribution in [2.75, 3.05) is 5.32 Å². The van der Waals surface area contributed by atoms with Crippen molar-refractivity contribution < 1.29 is 4.79 Å². The van der Waals surface area contributed by atoms with E-state index >= 15 is 0 Å². The van der Waals surface area contributed by atoms with Gasteiger partial charge >= 0.3 is 6.03 Å². The molecule has 1 atom stereocenters. The number of benzene rings is 1. The predicted molar refractivity (Wildman–Crippen MR) is 115 cm³/mol. The summed E-state index contributed by atoms with van der Waals surface area (Å²) in [6.07, 6.45) is 8.01. The average molecular weight is 410 g/mol. The number of thioether (sulfide) groups is 1. The number of allylic oxidation sites excluding steroid dienone is 1. The number of rotatable bonds is 6. The first-order valence-electron chi connectivity index (χ1n) is 9.41. The van der Waals surface area contributed by atoms with E-state index in [9.17, 15) is 4.79 Å². The van der Waals surface area contributed by atoms with Gasteiger partial charge in [0.05, 0.1) is 6.20 Å². The van der Waals surface area contributed by atoms with E-state index < -0.39 is 0 Å². The van der Waals surface area contributed by atoms with Crippen LogP contribution in [0.2, 0.25) is 0 Å². The molecule has 0 radical (unpaired) electrons. The van der Waals surface area contributed by atoms with Crippen molar-refractivity contribution >= 4 is 29.4 Å². The summed E-state index contributed by atoms with van der Waals surface area (Å²) >= 11 is 1.67. The average Bonchev–Trinajstić information content (AvgIpc) is 3.36. The number of fused-ring (bicyclic) bond motifs is 1. The molecule has 9 heteroatoms. The van der Waals surface area contributed by atoms with Crippen LogP contribution in [-0.4, -0.2) is 33.1 Å². The van der Waals surface area contributed by atoms with E-state index in [-0.39, 0.29) is 12.2 Å². The number of hydrogen-bond donors (Lipinski definition) is 4. The molecule has 8 nitrogen and oxygen atoms in total. The fourth-order valence-electron chi connectivity index (χ4n) is 3.07. The zero-order valence-corrected chi connectivity index (χ0v) is 17.0. The van der Waals surface area contributed by atoms with Gasteiger partial charge in [-0.3, -0.25) is 15.8 Å². The zero-order chi connectivity index (χ0) is 20.2. The summed E-state index contributed by atoms with van der Waals surface area (Å²) in [6, 6.07) is 9.48. The van der Waals surface area contributed by atoms with Gasteiger partial charge in [0.25, 0.3) is 0 Å². The number of H-pyrrole nitrogens is 1. The highest BCUT2D eigenvalue weighted by atomic mass is 32.2. The van der Waals surface area contributed by atoms with Crippen LogP contribution in [0.25, 0.3) is 0 Å². The van der Waals surface area contributed by atoms with E-state index in [1.54, 1.807) is 24.0 Å². The highest BCUT2D eigenvalue weighted by molar-refractivity contribution is 8.03. The molecule has 0 saturated carbocycles. The second-order valence-corrected chi connectivity index (χ2v) is 8.10. The molecule has 0 saturated heterocycles. The summed E-state index contributed by atoms with van der Waals surface area (Å²) in [4.78, 5) is 16.5. The van der Waals surface area contributed by atoms with E-state index in [1.165, 1.54) is 0 Å². The molecule has 0 bridgehead atoms. The highest BCUT2D eigenvalue weighted by Gasteiger charge is 2.28. The third kappa shape index (κ3) is 4.45. The smallest absolute Gasteiger partial charge is 0.320 e. The van der Waals surface area contributed by atoms with Crippen LogP contribution in [0.15, 0.2) is 69.8 Å². The standard InChI is InChI=1S/C20H23N7OS/c1-13(2)19-26-25-18-8-7-15(12-27(18)19)29-16-6-4-3-5-14(16)11-21-20(28)23-17-9-10-22-24-17/h3-10,12-13,18,25H,11H2,1-2H3,(H3,21,22,23,24,28). The Labute approximate surface area is 173 Å². The molecule has 2 aromatic rings. The van der Waals surface area contributed by atoms with E-state index in [2.05, 4.69) is 74.5 Å². The molecule has 3 heterocycles. The number of amides is 2. The molecule has 150 valence electrons. The Morgan fingerprint density at radius 1 is 1.31 bits per heavy atom. The second-order valence-electron chi connectivity index (χ2n) is 6.98. The van der Waals surface area contributed by atoms with Crippen LogP contribution >= 0.6 is 11.8 Å². The summed E-state index contributed by atoms with van der Waals surface area (Å²) in [5.41, 5.74) is 4.20. The van der Waals surface area contributed by atoms with Crippen molar-refractivity contribution in [1.82, 2.24) is 25.8 Å². The number of nitrogens with one attached hydrogen (secondary N) is 4. The van der Waals surface area contributed by atoms with Gasteiger partial charge in [0, 0.05) is 34.5 Å². The van der Waals surface area contributed by atoms with Crippen molar-refractivity contribution in [1.29, 1.82) is 0 Å². The Kier molecular flexibility index (Phi) is 5.57. The molecule has 0 fully saturated rings. The minimum Gasteiger partial charge on any atom is -0.334 e. The lowest BCUT2D eigenvalue weighted by Gasteiger charge is -2.26. The molecule has 1 aromatic heterocycles. The van der Waals surface area contributed by atoms with Gasteiger partial charge in [-0.25, -0.2) is 4.79 Å². The van der Waals surface area contributed by atoms with E-state index in [4.69, 9.17) is 0 Å². The van der Waals surface area contributed by atoms with E-state index in [0.717, 1.165) is 21.2 Å². The first-order valence-corrected chi connectivity index (χ1v) is 10.2. The molecule has 0 spiro atoms. The molecule has 4 rings (SSSR count). The number of anilines is 1. The monoisotopic (exact) mass is 409 g/mol. The number of hydrazone groups is 1. The van der Waals surface area contributed by atoms with Gasteiger partial charge in [0.15, 0.2) is 0 Å². The Morgan fingerprint density at radius 2 is 2.17 bits per heavy atom. The summed E-state index contributed by atoms with van der Waals surface area (Å²) < 4.78 is 0. The number of aromatic nitrogens is 2. The summed E-state index contributed by atoms with van der Waals surface area (Å²) in [5.74, 6) is 1.92. The third-order valence-corrected chi connectivity index (χ3v) is 5.59. The SMILES string of the molecule is CC(C)C1=NNC2C=CC(Sc3ccccc3CNC(=O)Nc3ccn[nH]3)=CN12. The Bertz CT molecular complexity index is 965. The maximum atomic E-state index is 12.1. The third-order valence-electron chi connectivity index (χ3n) is 4.49. The van der Waals surface area contributed by atoms with Crippen molar-refractivity contribution in [2.45, 2.75) is 31.5 Å². The van der Waals surface area contributed by atoms with Crippen molar-refractivity contribution in [3.05, 3.63) is 65.3 Å². The minimum atomic E-state index is -0.283. The second kappa shape index (κ2) is 8.44. The maximum absolute atomic E-state index is 12.1. The number of amidine groups is 1. The van der Waals surface area contributed by atoms with Gasteiger partial charge in [-0.05, 0) is 23.8 Å². The first kappa shape index (κ1) is 19.1. The lowest BCUT2D eigenvalue weighted by atomic mass is 10.1. The minimum absolute atomic E-state index is 0.0832. The number of nitrogens with zero attached hydrogens (tertiary/aromatic N) is 3. The van der Waals surface area contributed by atoms with Crippen LogP contribution in [-0.2, 0) is 6.54 Å². The van der Waals surface area contributed by atoms with E-state index in [1.807, 2.05) is 18.2 Å². The van der Waals surface area contributed by atoms with Gasteiger partial charge in [-0.2, -0.15) is 10.2 Å². The van der Waals surface area contributed by atoms with Crippen LogP contribution < -0.4 is 16.1 Å². The lowest BCUT2D eigenvalue weighted by molar-refractivity contribution is 0.251. The van der Waals surface area contributed by atoms with Gasteiger partial charge < -0.3 is 10.2 Å². The highest BCUT2D eigenvalue weighted by Crippen LogP contribution is 2.34. The van der Waals surface area contributed by atoms with Crippen LogP contribution in [0.4, 0.5) is 10.6 Å². The van der Waals surface area contributed by atoms with Crippen LogP contribution in [0.5, 0.6) is 0 Å². The topological polar surface area (TPSA) is 97.4 Å². The molecule has 2 aliphatic heterocycles.